The minimum Gasteiger partial charge on any atom is -0.339 e. The zero-order valence-electron chi connectivity index (χ0n) is 20.4. The first-order valence-electron chi connectivity index (χ1n) is 12.4. The molecule has 35 heavy (non-hydrogen) atoms. The molecule has 2 aliphatic heterocycles. The van der Waals surface area contributed by atoms with Gasteiger partial charge in [0.05, 0.1) is 10.6 Å². The second kappa shape index (κ2) is 9.50. The lowest BCUT2D eigenvalue weighted by molar-refractivity contribution is 0.0690. The van der Waals surface area contributed by atoms with Crippen LogP contribution in [0.15, 0.2) is 77.7 Å². The zero-order valence-corrected chi connectivity index (χ0v) is 21.2. The highest BCUT2D eigenvalue weighted by atomic mass is 32.2. The molecule has 1 atom stereocenters. The molecule has 6 heteroatoms. The van der Waals surface area contributed by atoms with Crippen molar-refractivity contribution in [2.75, 3.05) is 17.4 Å². The molecule has 2 aliphatic rings. The Kier molecular flexibility index (Phi) is 6.41. The number of amides is 1. The molecule has 3 aromatic carbocycles. The molecule has 0 radical (unpaired) electrons. The van der Waals surface area contributed by atoms with Crippen molar-refractivity contribution in [1.82, 2.24) is 4.90 Å². The summed E-state index contributed by atoms with van der Waals surface area (Å²) in [5.74, 6) is 0.640. The van der Waals surface area contributed by atoms with Gasteiger partial charge in [-0.2, -0.15) is 0 Å². The highest BCUT2D eigenvalue weighted by Crippen LogP contribution is 2.37. The summed E-state index contributed by atoms with van der Waals surface area (Å²) in [6.45, 7) is 5.38. The van der Waals surface area contributed by atoms with Crippen LogP contribution in [-0.2, 0) is 22.9 Å². The molecule has 1 fully saturated rings. The molecule has 1 amide bonds. The Hall–Kier alpha value is -3.12. The largest absolute Gasteiger partial charge is 0.339 e. The topological polar surface area (TPSA) is 57.7 Å². The summed E-state index contributed by atoms with van der Waals surface area (Å²) >= 11 is 0. The Labute approximate surface area is 208 Å². The van der Waals surface area contributed by atoms with Gasteiger partial charge in [-0.25, -0.2) is 8.42 Å². The number of benzene rings is 3. The highest BCUT2D eigenvalue weighted by molar-refractivity contribution is 7.92. The van der Waals surface area contributed by atoms with Crippen molar-refractivity contribution in [3.63, 3.8) is 0 Å². The number of fused-ring (bicyclic) bond motifs is 1. The molecular formula is C29H32N2O3S. The number of hydrogen-bond acceptors (Lipinski definition) is 3. The Balaban J connectivity index is 1.29. The van der Waals surface area contributed by atoms with E-state index in [1.54, 1.807) is 24.3 Å². The van der Waals surface area contributed by atoms with Crippen molar-refractivity contribution in [2.24, 2.45) is 5.92 Å². The number of likely N-dealkylation sites (tertiary alicyclic amines) is 1. The lowest BCUT2D eigenvalue weighted by Gasteiger charge is -2.32. The van der Waals surface area contributed by atoms with Gasteiger partial charge in [0.1, 0.15) is 0 Å². The van der Waals surface area contributed by atoms with E-state index in [1.165, 1.54) is 9.87 Å². The van der Waals surface area contributed by atoms with E-state index in [4.69, 9.17) is 0 Å². The van der Waals surface area contributed by atoms with Gasteiger partial charge in [-0.15, -0.1) is 0 Å². The number of rotatable bonds is 5. The Morgan fingerprint density at radius 3 is 2.31 bits per heavy atom. The highest BCUT2D eigenvalue weighted by Gasteiger charge is 2.36. The third-order valence-electron chi connectivity index (χ3n) is 7.33. The summed E-state index contributed by atoms with van der Waals surface area (Å²) in [6.07, 6.45) is 3.67. The van der Waals surface area contributed by atoms with Crippen molar-refractivity contribution in [2.45, 2.75) is 50.5 Å². The van der Waals surface area contributed by atoms with Gasteiger partial charge in [-0.3, -0.25) is 9.10 Å². The Morgan fingerprint density at radius 1 is 0.943 bits per heavy atom. The second-order valence-electron chi connectivity index (χ2n) is 9.94. The smallest absolute Gasteiger partial charge is 0.264 e. The molecule has 0 saturated carbocycles. The molecule has 182 valence electrons. The van der Waals surface area contributed by atoms with Crippen LogP contribution in [0.4, 0.5) is 5.69 Å². The summed E-state index contributed by atoms with van der Waals surface area (Å²) in [6, 6.07) is 22.8. The monoisotopic (exact) mass is 488 g/mol. The second-order valence-corrected chi connectivity index (χ2v) is 11.8. The average molecular weight is 489 g/mol. The molecule has 0 unspecified atom stereocenters. The minimum atomic E-state index is -3.67. The summed E-state index contributed by atoms with van der Waals surface area (Å²) in [4.78, 5) is 15.5. The summed E-state index contributed by atoms with van der Waals surface area (Å²) in [5.41, 5.74) is 4.61. The van der Waals surface area contributed by atoms with Crippen molar-refractivity contribution in [1.29, 1.82) is 0 Å². The van der Waals surface area contributed by atoms with Gasteiger partial charge < -0.3 is 4.90 Å². The Bertz CT molecular complexity index is 1310. The maximum Gasteiger partial charge on any atom is 0.264 e. The molecule has 5 rings (SSSR count). The molecule has 0 aliphatic carbocycles. The molecule has 0 bridgehead atoms. The van der Waals surface area contributed by atoms with Crippen molar-refractivity contribution < 1.29 is 13.2 Å². The van der Waals surface area contributed by atoms with Crippen LogP contribution in [0.1, 0.15) is 46.8 Å². The maximum atomic E-state index is 13.4. The van der Waals surface area contributed by atoms with Crippen molar-refractivity contribution >= 4 is 21.6 Å². The van der Waals surface area contributed by atoms with E-state index in [1.807, 2.05) is 43.0 Å². The van der Waals surface area contributed by atoms with Crippen molar-refractivity contribution in [3.8, 4) is 0 Å². The van der Waals surface area contributed by atoms with Crippen molar-refractivity contribution in [3.05, 3.63) is 95.1 Å². The van der Waals surface area contributed by atoms with Gasteiger partial charge in [0.2, 0.25) is 0 Å². The number of piperidine rings is 1. The van der Waals surface area contributed by atoms with E-state index in [-0.39, 0.29) is 11.9 Å². The van der Waals surface area contributed by atoms with Crippen LogP contribution in [0, 0.1) is 12.8 Å². The van der Waals surface area contributed by atoms with E-state index in [9.17, 15) is 13.2 Å². The zero-order chi connectivity index (χ0) is 24.6. The van der Waals surface area contributed by atoms with Crippen LogP contribution in [0.2, 0.25) is 0 Å². The third-order valence-corrected chi connectivity index (χ3v) is 9.27. The number of carbonyl (C=O) groups excluding carboxylic acids is 1. The molecule has 0 N–H and O–H groups in total. The quantitative estimate of drug-likeness (QED) is 0.494. The summed E-state index contributed by atoms with van der Waals surface area (Å²) in [5, 5.41) is 0. The van der Waals surface area contributed by atoms with Gasteiger partial charge in [0.25, 0.3) is 15.9 Å². The van der Waals surface area contributed by atoms with Gasteiger partial charge in [0.15, 0.2) is 0 Å². The lowest BCUT2D eigenvalue weighted by atomic mass is 9.90. The number of carbonyl (C=O) groups is 1. The number of hydrogen-bond donors (Lipinski definition) is 0. The fourth-order valence-corrected chi connectivity index (χ4v) is 7.09. The van der Waals surface area contributed by atoms with E-state index in [0.29, 0.717) is 28.5 Å². The fourth-order valence-electron chi connectivity index (χ4n) is 5.40. The van der Waals surface area contributed by atoms with Crippen LogP contribution in [0.3, 0.4) is 0 Å². The third kappa shape index (κ3) is 4.72. The van der Waals surface area contributed by atoms with Gasteiger partial charge in [-0.1, -0.05) is 48.0 Å². The number of aryl methyl sites for hydroxylation is 1. The minimum absolute atomic E-state index is 0.0402. The molecule has 1 saturated heterocycles. The van der Waals surface area contributed by atoms with Crippen LogP contribution in [0.5, 0.6) is 0 Å². The van der Waals surface area contributed by atoms with E-state index < -0.39 is 10.0 Å². The summed E-state index contributed by atoms with van der Waals surface area (Å²) < 4.78 is 28.3. The van der Waals surface area contributed by atoms with Gasteiger partial charge >= 0.3 is 0 Å². The SMILES string of the molecule is Cc1ccc(S(=O)(=O)N2c3ccc(C(=O)N4CCC(Cc5ccccc5)CC4)cc3C[C@H]2C)cc1. The molecular weight excluding hydrogens is 456 g/mol. The first-order valence-corrected chi connectivity index (χ1v) is 13.8. The number of nitrogens with zero attached hydrogens (tertiary/aromatic N) is 2. The summed E-state index contributed by atoms with van der Waals surface area (Å²) in [7, 11) is -3.67. The predicted octanol–water partition coefficient (Wildman–Crippen LogP) is 5.23. The molecule has 0 aromatic heterocycles. The van der Waals surface area contributed by atoms with E-state index in [2.05, 4.69) is 24.3 Å². The number of anilines is 1. The standard InChI is InChI=1S/C29H32N2O3S/c1-21-8-11-27(12-9-21)35(33,34)31-22(2)18-26-20-25(10-13-28(26)31)29(32)30-16-14-24(15-17-30)19-23-6-4-3-5-7-23/h3-13,20,22,24H,14-19H2,1-2H3/t22-/m1/s1. The molecule has 2 heterocycles. The van der Waals surface area contributed by atoms with E-state index in [0.717, 1.165) is 43.5 Å². The lowest BCUT2D eigenvalue weighted by Crippen LogP contribution is -2.39. The normalized spacial score (nSPS) is 18.5. The average Bonchev–Trinajstić information content (AvgIpc) is 3.20. The molecule has 5 nitrogen and oxygen atoms in total. The fraction of sp³-hybridized carbons (Fsp3) is 0.345. The van der Waals surface area contributed by atoms with Gasteiger partial charge in [0, 0.05) is 24.7 Å². The van der Waals surface area contributed by atoms with Crippen LogP contribution in [-0.4, -0.2) is 38.4 Å². The first-order chi connectivity index (χ1) is 16.8. The molecule has 0 spiro atoms. The first kappa shape index (κ1) is 23.6. The van der Waals surface area contributed by atoms with Crippen LogP contribution < -0.4 is 4.31 Å². The van der Waals surface area contributed by atoms with E-state index >= 15 is 0 Å². The van der Waals surface area contributed by atoms with Crippen LogP contribution in [0.25, 0.3) is 0 Å². The Morgan fingerprint density at radius 2 is 1.63 bits per heavy atom. The predicted molar refractivity (Wildman–Crippen MR) is 139 cm³/mol. The number of sulfonamides is 1. The van der Waals surface area contributed by atoms with Crippen LogP contribution >= 0.6 is 0 Å². The maximum absolute atomic E-state index is 13.4. The molecule has 3 aromatic rings. The van der Waals surface area contributed by atoms with Gasteiger partial charge in [-0.05, 0) is 86.9 Å².